The molecule has 0 unspecified atom stereocenters. The van der Waals surface area contributed by atoms with Gasteiger partial charge in [0.25, 0.3) is 0 Å². The molecule has 0 aliphatic heterocycles. The molecule has 1 aromatic rings. The van der Waals surface area contributed by atoms with Crippen molar-refractivity contribution >= 4 is 11.7 Å². The van der Waals surface area contributed by atoms with Gasteiger partial charge in [0, 0.05) is 18.2 Å². The molecule has 1 rings (SSSR count). The number of esters is 1. The summed E-state index contributed by atoms with van der Waals surface area (Å²) >= 11 is 0. The lowest BCUT2D eigenvalue weighted by Gasteiger charge is -2.08. The van der Waals surface area contributed by atoms with Gasteiger partial charge in [0.15, 0.2) is 11.5 Å². The van der Waals surface area contributed by atoms with Crippen LogP contribution in [0.2, 0.25) is 0 Å². The smallest absolute Gasteiger partial charge is 0.311 e. The fraction of sp³-hybridized carbons (Fsp3) is 0.300. The summed E-state index contributed by atoms with van der Waals surface area (Å²) in [5, 5.41) is 0. The first kappa shape index (κ1) is 10.4. The summed E-state index contributed by atoms with van der Waals surface area (Å²) in [7, 11) is 1.51. The largest absolute Gasteiger partial charge is 0.493 e. The monoisotopic (exact) mass is 195 g/mol. The van der Waals surface area contributed by atoms with Gasteiger partial charge in [-0.15, -0.1) is 0 Å². The highest BCUT2D eigenvalue weighted by Crippen LogP contribution is 2.29. The summed E-state index contributed by atoms with van der Waals surface area (Å²) in [6.07, 6.45) is 0.317. The van der Waals surface area contributed by atoms with Gasteiger partial charge in [-0.05, 0) is 12.1 Å². The fourth-order valence-electron chi connectivity index (χ4n) is 0.968. The Morgan fingerprint density at radius 3 is 2.71 bits per heavy atom. The standard InChI is InChI=1S/C10H13NO3/c1-3-10(12)14-9-6-7(11)4-5-8(9)13-2/h4-6H,3,11H2,1-2H3. The molecule has 14 heavy (non-hydrogen) atoms. The van der Waals surface area contributed by atoms with Crippen molar-refractivity contribution in [1.82, 2.24) is 0 Å². The van der Waals surface area contributed by atoms with Crippen molar-refractivity contribution in [2.24, 2.45) is 0 Å². The molecule has 2 N–H and O–H groups in total. The molecule has 0 atom stereocenters. The van der Waals surface area contributed by atoms with E-state index in [0.717, 1.165) is 0 Å². The Hall–Kier alpha value is -1.71. The van der Waals surface area contributed by atoms with E-state index in [1.165, 1.54) is 7.11 Å². The fourth-order valence-corrected chi connectivity index (χ4v) is 0.968. The van der Waals surface area contributed by atoms with Gasteiger partial charge in [0.05, 0.1) is 7.11 Å². The van der Waals surface area contributed by atoms with Gasteiger partial charge < -0.3 is 15.2 Å². The molecule has 0 aromatic heterocycles. The van der Waals surface area contributed by atoms with E-state index in [-0.39, 0.29) is 5.97 Å². The molecular formula is C10H13NO3. The van der Waals surface area contributed by atoms with Gasteiger partial charge in [-0.25, -0.2) is 0 Å². The number of nitrogens with two attached hydrogens (primary N) is 1. The van der Waals surface area contributed by atoms with Crippen LogP contribution in [-0.4, -0.2) is 13.1 Å². The first-order valence-corrected chi connectivity index (χ1v) is 4.31. The SMILES string of the molecule is CCC(=O)Oc1cc(N)ccc1OC. The molecule has 0 spiro atoms. The molecule has 1 aromatic carbocycles. The van der Waals surface area contributed by atoms with Crippen molar-refractivity contribution in [3.8, 4) is 11.5 Å². The van der Waals surface area contributed by atoms with Gasteiger partial charge in [-0.2, -0.15) is 0 Å². The first-order chi connectivity index (χ1) is 6.67. The van der Waals surface area contributed by atoms with Crippen LogP contribution >= 0.6 is 0 Å². The second-order valence-corrected chi connectivity index (χ2v) is 2.74. The second kappa shape index (κ2) is 4.50. The molecule has 0 amide bonds. The Morgan fingerprint density at radius 2 is 2.14 bits per heavy atom. The zero-order valence-corrected chi connectivity index (χ0v) is 8.24. The Bertz CT molecular complexity index is 336. The minimum absolute atomic E-state index is 0.311. The number of rotatable bonds is 3. The lowest BCUT2D eigenvalue weighted by Crippen LogP contribution is -2.06. The molecular weight excluding hydrogens is 182 g/mol. The molecule has 76 valence electrons. The number of carbonyl (C=O) groups is 1. The third-order valence-corrected chi connectivity index (χ3v) is 1.70. The number of methoxy groups -OCH3 is 1. The van der Waals surface area contributed by atoms with Gasteiger partial charge >= 0.3 is 5.97 Å². The minimum atomic E-state index is -0.311. The van der Waals surface area contributed by atoms with E-state index in [9.17, 15) is 4.79 Å². The summed E-state index contributed by atoms with van der Waals surface area (Å²) in [5.74, 6) is 0.550. The van der Waals surface area contributed by atoms with Crippen LogP contribution in [0.1, 0.15) is 13.3 Å². The van der Waals surface area contributed by atoms with Crippen LogP contribution in [0, 0.1) is 0 Å². The summed E-state index contributed by atoms with van der Waals surface area (Å²) in [6.45, 7) is 1.72. The number of carbonyl (C=O) groups excluding carboxylic acids is 1. The van der Waals surface area contributed by atoms with Crippen molar-refractivity contribution in [3.63, 3.8) is 0 Å². The van der Waals surface area contributed by atoms with E-state index < -0.39 is 0 Å². The van der Waals surface area contributed by atoms with Crippen LogP contribution in [-0.2, 0) is 4.79 Å². The van der Waals surface area contributed by atoms with Crippen LogP contribution in [0.25, 0.3) is 0 Å². The highest BCUT2D eigenvalue weighted by atomic mass is 16.6. The first-order valence-electron chi connectivity index (χ1n) is 4.31. The zero-order chi connectivity index (χ0) is 10.6. The average Bonchev–Trinajstić information content (AvgIpc) is 2.18. The number of nitrogen functional groups attached to an aromatic ring is 1. The Morgan fingerprint density at radius 1 is 1.43 bits per heavy atom. The highest BCUT2D eigenvalue weighted by molar-refractivity contribution is 5.73. The minimum Gasteiger partial charge on any atom is -0.493 e. The molecule has 0 aliphatic rings. The van der Waals surface area contributed by atoms with E-state index in [0.29, 0.717) is 23.6 Å². The van der Waals surface area contributed by atoms with Crippen molar-refractivity contribution in [2.75, 3.05) is 12.8 Å². The molecule has 0 aliphatic carbocycles. The van der Waals surface area contributed by atoms with Gasteiger partial charge in [0.2, 0.25) is 0 Å². The summed E-state index contributed by atoms with van der Waals surface area (Å²) in [4.78, 5) is 11.0. The maximum atomic E-state index is 11.0. The van der Waals surface area contributed by atoms with Gasteiger partial charge in [-0.3, -0.25) is 4.79 Å². The van der Waals surface area contributed by atoms with Gasteiger partial charge in [0.1, 0.15) is 0 Å². The van der Waals surface area contributed by atoms with Crippen molar-refractivity contribution in [1.29, 1.82) is 0 Å². The van der Waals surface area contributed by atoms with Crippen LogP contribution in [0.4, 0.5) is 5.69 Å². The van der Waals surface area contributed by atoms with Crippen molar-refractivity contribution < 1.29 is 14.3 Å². The predicted octanol–water partition coefficient (Wildman–Crippen LogP) is 1.59. The molecule has 0 saturated heterocycles. The van der Waals surface area contributed by atoms with Crippen LogP contribution < -0.4 is 15.2 Å². The Labute approximate surface area is 82.6 Å². The summed E-state index contributed by atoms with van der Waals surface area (Å²) in [5.41, 5.74) is 6.08. The highest BCUT2D eigenvalue weighted by Gasteiger charge is 2.08. The number of hydrogen-bond donors (Lipinski definition) is 1. The number of hydrogen-bond acceptors (Lipinski definition) is 4. The summed E-state index contributed by atoms with van der Waals surface area (Å²) in [6, 6.07) is 4.90. The molecule has 0 radical (unpaired) electrons. The van der Waals surface area contributed by atoms with E-state index in [1.807, 2.05) is 0 Å². The number of anilines is 1. The topological polar surface area (TPSA) is 61.5 Å². The van der Waals surface area contributed by atoms with Gasteiger partial charge in [-0.1, -0.05) is 6.92 Å². The second-order valence-electron chi connectivity index (χ2n) is 2.74. The molecule has 0 saturated carbocycles. The van der Waals surface area contributed by atoms with E-state index >= 15 is 0 Å². The third-order valence-electron chi connectivity index (χ3n) is 1.70. The zero-order valence-electron chi connectivity index (χ0n) is 8.24. The van der Waals surface area contributed by atoms with Crippen molar-refractivity contribution in [3.05, 3.63) is 18.2 Å². The molecule has 4 nitrogen and oxygen atoms in total. The van der Waals surface area contributed by atoms with E-state index in [4.69, 9.17) is 15.2 Å². The Balaban J connectivity index is 2.93. The van der Waals surface area contributed by atoms with E-state index in [1.54, 1.807) is 25.1 Å². The maximum Gasteiger partial charge on any atom is 0.311 e. The van der Waals surface area contributed by atoms with Crippen LogP contribution in [0.3, 0.4) is 0 Å². The molecule has 4 heteroatoms. The normalized spacial score (nSPS) is 9.57. The average molecular weight is 195 g/mol. The molecule has 0 heterocycles. The maximum absolute atomic E-state index is 11.0. The molecule has 0 fully saturated rings. The quantitative estimate of drug-likeness (QED) is 0.452. The van der Waals surface area contributed by atoms with Crippen LogP contribution in [0.15, 0.2) is 18.2 Å². The lowest BCUT2D eigenvalue weighted by atomic mass is 10.3. The number of benzene rings is 1. The summed E-state index contributed by atoms with van der Waals surface area (Å²) < 4.78 is 10.0. The lowest BCUT2D eigenvalue weighted by molar-refractivity contribution is -0.134. The number of ether oxygens (including phenoxy) is 2. The van der Waals surface area contributed by atoms with Crippen LogP contribution in [0.5, 0.6) is 11.5 Å². The molecule has 0 bridgehead atoms. The Kier molecular flexibility index (Phi) is 3.34. The third kappa shape index (κ3) is 2.39. The van der Waals surface area contributed by atoms with E-state index in [2.05, 4.69) is 0 Å². The predicted molar refractivity (Wildman–Crippen MR) is 53.3 cm³/mol. The van der Waals surface area contributed by atoms with Crippen molar-refractivity contribution in [2.45, 2.75) is 13.3 Å².